The molecule has 0 unspecified atom stereocenters. The third-order valence-electron chi connectivity index (χ3n) is 4.37. The number of phenolic OH excluding ortho intramolecular Hbond substituents is 2. The maximum Gasteiger partial charge on any atom is 0.338 e. The second kappa shape index (κ2) is 7.91. The van der Waals surface area contributed by atoms with E-state index in [-0.39, 0.29) is 23.7 Å². The molecule has 1 aliphatic carbocycles. The van der Waals surface area contributed by atoms with Crippen LogP contribution in [0.15, 0.2) is 48.5 Å². The van der Waals surface area contributed by atoms with E-state index in [1.54, 1.807) is 0 Å². The lowest BCUT2D eigenvalue weighted by molar-refractivity contribution is -0.0108. The fourth-order valence-corrected chi connectivity index (χ4v) is 2.90. The summed E-state index contributed by atoms with van der Waals surface area (Å²) in [5.74, 6) is -0.654. The van der Waals surface area contributed by atoms with Gasteiger partial charge in [0.15, 0.2) is 0 Å². The lowest BCUT2D eigenvalue weighted by Crippen LogP contribution is -2.29. The van der Waals surface area contributed by atoms with Crippen molar-refractivity contribution in [1.29, 1.82) is 0 Å². The smallest absolute Gasteiger partial charge is 0.338 e. The van der Waals surface area contributed by atoms with Crippen LogP contribution in [0.4, 0.5) is 0 Å². The maximum atomic E-state index is 12.1. The number of aromatic hydroxyl groups is 2. The molecule has 26 heavy (non-hydrogen) atoms. The van der Waals surface area contributed by atoms with Crippen LogP contribution >= 0.6 is 0 Å². The molecular weight excluding hydrogens is 336 g/mol. The number of phenols is 2. The molecule has 0 aromatic heterocycles. The van der Waals surface area contributed by atoms with Gasteiger partial charge >= 0.3 is 11.9 Å². The Bertz CT molecular complexity index is 690. The van der Waals surface area contributed by atoms with Crippen molar-refractivity contribution in [3.05, 3.63) is 59.7 Å². The van der Waals surface area contributed by atoms with Crippen molar-refractivity contribution in [2.75, 3.05) is 0 Å². The van der Waals surface area contributed by atoms with Crippen LogP contribution in [0.2, 0.25) is 0 Å². The van der Waals surface area contributed by atoms with Gasteiger partial charge in [-0.15, -0.1) is 0 Å². The summed E-state index contributed by atoms with van der Waals surface area (Å²) in [6.45, 7) is 0. The average Bonchev–Trinajstić information content (AvgIpc) is 2.64. The van der Waals surface area contributed by atoms with Crippen LogP contribution in [-0.4, -0.2) is 34.4 Å². The first-order chi connectivity index (χ1) is 12.5. The molecule has 2 aromatic carbocycles. The molecule has 0 atom stereocenters. The summed E-state index contributed by atoms with van der Waals surface area (Å²) in [6.07, 6.45) is 2.07. The summed E-state index contributed by atoms with van der Waals surface area (Å²) in [6, 6.07) is 11.8. The predicted octanol–water partition coefficient (Wildman–Crippen LogP) is 3.42. The number of carbonyl (C=O) groups excluding carboxylic acids is 2. The Morgan fingerprint density at radius 2 is 0.962 bits per heavy atom. The SMILES string of the molecule is O=C(O[C@H]1CC[C@H](OC(=O)c2ccc(O)cc2)CC1)c1ccc(O)cc1. The van der Waals surface area contributed by atoms with Crippen molar-refractivity contribution in [2.45, 2.75) is 37.9 Å². The summed E-state index contributed by atoms with van der Waals surface area (Å²) < 4.78 is 11.0. The molecule has 1 aliphatic rings. The van der Waals surface area contributed by atoms with E-state index in [4.69, 9.17) is 9.47 Å². The van der Waals surface area contributed by atoms with Crippen molar-refractivity contribution < 1.29 is 29.3 Å². The van der Waals surface area contributed by atoms with Gasteiger partial charge in [0.25, 0.3) is 0 Å². The Kier molecular flexibility index (Phi) is 5.41. The van der Waals surface area contributed by atoms with Gasteiger partial charge in [0.05, 0.1) is 11.1 Å². The Labute approximate surface area is 151 Å². The first-order valence-electron chi connectivity index (χ1n) is 8.51. The molecule has 0 amide bonds. The fourth-order valence-electron chi connectivity index (χ4n) is 2.90. The highest BCUT2D eigenvalue weighted by Crippen LogP contribution is 2.25. The summed E-state index contributed by atoms with van der Waals surface area (Å²) in [4.78, 5) is 24.2. The number of benzene rings is 2. The zero-order valence-corrected chi connectivity index (χ0v) is 14.1. The number of ether oxygens (including phenoxy) is 2. The molecule has 0 radical (unpaired) electrons. The highest BCUT2D eigenvalue weighted by atomic mass is 16.6. The summed E-state index contributed by atoms with van der Waals surface area (Å²) in [5.41, 5.74) is 0.785. The first kappa shape index (κ1) is 17.8. The van der Waals surface area contributed by atoms with Crippen LogP contribution < -0.4 is 0 Å². The molecule has 0 aliphatic heterocycles. The second-order valence-electron chi connectivity index (χ2n) is 6.30. The highest BCUT2D eigenvalue weighted by Gasteiger charge is 2.27. The number of hydrogen-bond acceptors (Lipinski definition) is 6. The van der Waals surface area contributed by atoms with Crippen LogP contribution in [0.5, 0.6) is 11.5 Å². The van der Waals surface area contributed by atoms with Crippen molar-refractivity contribution in [2.24, 2.45) is 0 Å². The quantitative estimate of drug-likeness (QED) is 0.816. The average molecular weight is 356 g/mol. The highest BCUT2D eigenvalue weighted by molar-refractivity contribution is 5.90. The minimum atomic E-state index is -0.422. The second-order valence-corrected chi connectivity index (χ2v) is 6.30. The van der Waals surface area contributed by atoms with Crippen molar-refractivity contribution in [3.63, 3.8) is 0 Å². The molecule has 1 saturated carbocycles. The number of rotatable bonds is 4. The molecule has 2 N–H and O–H groups in total. The third-order valence-corrected chi connectivity index (χ3v) is 4.37. The summed E-state index contributed by atoms with van der Waals surface area (Å²) in [5, 5.41) is 18.5. The molecule has 6 nitrogen and oxygen atoms in total. The van der Waals surface area contributed by atoms with Crippen LogP contribution in [0.25, 0.3) is 0 Å². The molecule has 136 valence electrons. The minimum Gasteiger partial charge on any atom is -0.508 e. The normalized spacial score (nSPS) is 19.5. The van der Waals surface area contributed by atoms with E-state index in [9.17, 15) is 19.8 Å². The van der Waals surface area contributed by atoms with Gasteiger partial charge in [0.1, 0.15) is 23.7 Å². The fraction of sp³-hybridized carbons (Fsp3) is 0.300. The third kappa shape index (κ3) is 4.53. The molecule has 1 fully saturated rings. The molecular formula is C20H20O6. The summed E-state index contributed by atoms with van der Waals surface area (Å²) >= 11 is 0. The van der Waals surface area contributed by atoms with E-state index in [0.29, 0.717) is 36.8 Å². The van der Waals surface area contributed by atoms with Gasteiger partial charge < -0.3 is 19.7 Å². The van der Waals surface area contributed by atoms with Crippen LogP contribution in [0, 0.1) is 0 Å². The Balaban J connectivity index is 1.46. The lowest BCUT2D eigenvalue weighted by Gasteiger charge is -2.28. The first-order valence-corrected chi connectivity index (χ1v) is 8.51. The number of hydrogen-bond donors (Lipinski definition) is 2. The van der Waals surface area contributed by atoms with E-state index in [1.807, 2.05) is 0 Å². The Morgan fingerprint density at radius 1 is 0.654 bits per heavy atom. The Hall–Kier alpha value is -3.02. The monoisotopic (exact) mass is 356 g/mol. The standard InChI is InChI=1S/C20H20O6/c21-15-5-1-13(2-6-15)19(23)25-17-9-11-18(12-10-17)26-20(24)14-3-7-16(22)8-4-14/h1-8,17-18,21-22H,9-12H2/t17-,18-. The molecule has 0 spiro atoms. The molecule has 6 heteroatoms. The molecule has 3 rings (SSSR count). The van der Waals surface area contributed by atoms with Crippen molar-refractivity contribution >= 4 is 11.9 Å². The topological polar surface area (TPSA) is 93.1 Å². The van der Waals surface area contributed by atoms with E-state index >= 15 is 0 Å². The zero-order chi connectivity index (χ0) is 18.5. The molecule has 0 bridgehead atoms. The van der Waals surface area contributed by atoms with Crippen molar-refractivity contribution in [3.8, 4) is 11.5 Å². The molecule has 2 aromatic rings. The lowest BCUT2D eigenvalue weighted by atomic mass is 9.95. The molecule has 0 heterocycles. The van der Waals surface area contributed by atoms with E-state index in [0.717, 1.165) is 0 Å². The van der Waals surface area contributed by atoms with Gasteiger partial charge in [-0.1, -0.05) is 0 Å². The van der Waals surface area contributed by atoms with Gasteiger partial charge in [-0.05, 0) is 74.2 Å². The predicted molar refractivity (Wildman–Crippen MR) is 93.1 cm³/mol. The van der Waals surface area contributed by atoms with E-state index < -0.39 is 11.9 Å². The van der Waals surface area contributed by atoms with E-state index in [2.05, 4.69) is 0 Å². The van der Waals surface area contributed by atoms with Crippen LogP contribution in [0.3, 0.4) is 0 Å². The minimum absolute atomic E-state index is 0.0949. The molecule has 0 saturated heterocycles. The largest absolute Gasteiger partial charge is 0.508 e. The van der Waals surface area contributed by atoms with Gasteiger partial charge in [-0.3, -0.25) is 0 Å². The van der Waals surface area contributed by atoms with Crippen LogP contribution in [-0.2, 0) is 9.47 Å². The maximum absolute atomic E-state index is 12.1. The summed E-state index contributed by atoms with van der Waals surface area (Å²) in [7, 11) is 0. The number of carbonyl (C=O) groups is 2. The van der Waals surface area contributed by atoms with Crippen LogP contribution in [0.1, 0.15) is 46.4 Å². The Morgan fingerprint density at radius 3 is 1.27 bits per heavy atom. The van der Waals surface area contributed by atoms with E-state index in [1.165, 1.54) is 48.5 Å². The zero-order valence-electron chi connectivity index (χ0n) is 14.1. The number of esters is 2. The van der Waals surface area contributed by atoms with Gasteiger partial charge in [-0.25, -0.2) is 9.59 Å². The van der Waals surface area contributed by atoms with Crippen molar-refractivity contribution in [1.82, 2.24) is 0 Å². The van der Waals surface area contributed by atoms with Gasteiger partial charge in [0, 0.05) is 0 Å². The van der Waals surface area contributed by atoms with Gasteiger partial charge in [0.2, 0.25) is 0 Å². The van der Waals surface area contributed by atoms with Gasteiger partial charge in [-0.2, -0.15) is 0 Å².